The Morgan fingerprint density at radius 1 is 1.43 bits per heavy atom. The molecule has 1 aromatic heterocycles. The fraction of sp³-hybridized carbons (Fsp3) is 0.545. The van der Waals surface area contributed by atoms with Crippen LogP contribution in [0, 0.1) is 6.92 Å². The van der Waals surface area contributed by atoms with Crippen LogP contribution in [0.4, 0.5) is 0 Å². The Labute approximate surface area is 90.5 Å². The predicted molar refractivity (Wildman–Crippen MR) is 62.8 cm³/mol. The molecule has 0 aliphatic heterocycles. The second-order valence-corrected chi connectivity index (χ2v) is 4.82. The molecule has 0 unspecified atom stereocenters. The number of nitrogens with zero attached hydrogens (tertiary/aromatic N) is 1. The third kappa shape index (κ3) is 4.63. The summed E-state index contributed by atoms with van der Waals surface area (Å²) in [6.45, 7) is 7.46. The molecule has 0 aromatic carbocycles. The molecule has 1 aromatic rings. The van der Waals surface area contributed by atoms with Gasteiger partial charge in [0, 0.05) is 35.6 Å². The number of hydrogen-bond acceptors (Lipinski definition) is 3. The van der Waals surface area contributed by atoms with Crippen LogP contribution in [0.2, 0.25) is 0 Å². The first kappa shape index (κ1) is 11.5. The molecule has 14 heavy (non-hydrogen) atoms. The lowest BCUT2D eigenvalue weighted by Gasteiger charge is -2.07. The van der Waals surface area contributed by atoms with E-state index < -0.39 is 0 Å². The molecular weight excluding hydrogens is 192 g/mol. The van der Waals surface area contributed by atoms with Crippen molar-refractivity contribution in [3.63, 3.8) is 0 Å². The van der Waals surface area contributed by atoms with Crippen LogP contribution in [0.5, 0.6) is 0 Å². The fourth-order valence-electron chi connectivity index (χ4n) is 1.12. The highest BCUT2D eigenvalue weighted by molar-refractivity contribution is 7.99. The van der Waals surface area contributed by atoms with Crippen LogP contribution >= 0.6 is 11.8 Å². The Hall–Kier alpha value is -0.540. The highest BCUT2D eigenvalue weighted by Crippen LogP contribution is 2.16. The van der Waals surface area contributed by atoms with Gasteiger partial charge in [0.15, 0.2) is 0 Å². The fourth-order valence-corrected chi connectivity index (χ4v) is 1.98. The van der Waals surface area contributed by atoms with Gasteiger partial charge in [0.25, 0.3) is 0 Å². The van der Waals surface area contributed by atoms with Crippen LogP contribution in [0.15, 0.2) is 23.4 Å². The molecule has 0 aliphatic carbocycles. The molecule has 0 amide bonds. The number of aromatic nitrogens is 1. The minimum Gasteiger partial charge on any atom is -0.314 e. The van der Waals surface area contributed by atoms with Crippen molar-refractivity contribution < 1.29 is 0 Å². The summed E-state index contributed by atoms with van der Waals surface area (Å²) in [5.74, 6) is 1.10. The van der Waals surface area contributed by atoms with Gasteiger partial charge in [0.1, 0.15) is 0 Å². The summed E-state index contributed by atoms with van der Waals surface area (Å²) in [5, 5.41) is 3.39. The van der Waals surface area contributed by atoms with Gasteiger partial charge in [-0.15, -0.1) is 11.8 Å². The average Bonchev–Trinajstić information content (AvgIpc) is 2.12. The standard InChI is InChI=1S/C11H18N2S/c1-9(2)13-4-5-14-11-6-10(3)7-12-8-11/h6-9,13H,4-5H2,1-3H3. The Morgan fingerprint density at radius 2 is 2.21 bits per heavy atom. The summed E-state index contributed by atoms with van der Waals surface area (Å²) in [6, 6.07) is 2.75. The van der Waals surface area contributed by atoms with E-state index in [0.717, 1.165) is 12.3 Å². The summed E-state index contributed by atoms with van der Waals surface area (Å²) in [5.41, 5.74) is 1.23. The van der Waals surface area contributed by atoms with E-state index in [1.165, 1.54) is 10.5 Å². The molecular formula is C11H18N2S. The smallest absolute Gasteiger partial charge is 0.0404 e. The normalized spacial score (nSPS) is 10.9. The highest BCUT2D eigenvalue weighted by Gasteiger charge is 1.95. The Morgan fingerprint density at radius 3 is 2.86 bits per heavy atom. The van der Waals surface area contributed by atoms with Gasteiger partial charge in [-0.2, -0.15) is 0 Å². The number of thioether (sulfide) groups is 1. The molecule has 1 rings (SSSR count). The second kappa shape index (κ2) is 6.04. The molecule has 0 bridgehead atoms. The first-order valence-electron chi connectivity index (χ1n) is 4.96. The Kier molecular flexibility index (Phi) is 4.98. The van der Waals surface area contributed by atoms with Gasteiger partial charge in [0.05, 0.1) is 0 Å². The van der Waals surface area contributed by atoms with Gasteiger partial charge < -0.3 is 5.32 Å². The highest BCUT2D eigenvalue weighted by atomic mass is 32.2. The number of aryl methyl sites for hydroxylation is 1. The summed E-state index contributed by atoms with van der Waals surface area (Å²) >= 11 is 1.85. The maximum absolute atomic E-state index is 4.16. The van der Waals surface area contributed by atoms with Crippen LogP contribution in [-0.4, -0.2) is 23.3 Å². The van der Waals surface area contributed by atoms with E-state index in [9.17, 15) is 0 Å². The van der Waals surface area contributed by atoms with Gasteiger partial charge in [-0.25, -0.2) is 0 Å². The van der Waals surface area contributed by atoms with Gasteiger partial charge >= 0.3 is 0 Å². The minimum absolute atomic E-state index is 0.575. The maximum Gasteiger partial charge on any atom is 0.0404 e. The zero-order chi connectivity index (χ0) is 10.4. The van der Waals surface area contributed by atoms with Crippen molar-refractivity contribution in [3.05, 3.63) is 24.0 Å². The molecule has 2 nitrogen and oxygen atoms in total. The SMILES string of the molecule is Cc1cncc(SCCNC(C)C)c1. The van der Waals surface area contributed by atoms with Gasteiger partial charge in [0.2, 0.25) is 0 Å². The summed E-state index contributed by atoms with van der Waals surface area (Å²) in [6.07, 6.45) is 3.81. The zero-order valence-electron chi connectivity index (χ0n) is 9.08. The average molecular weight is 210 g/mol. The topological polar surface area (TPSA) is 24.9 Å². The molecule has 78 valence electrons. The quantitative estimate of drug-likeness (QED) is 0.597. The zero-order valence-corrected chi connectivity index (χ0v) is 9.90. The van der Waals surface area contributed by atoms with Gasteiger partial charge in [-0.05, 0) is 18.6 Å². The van der Waals surface area contributed by atoms with Gasteiger partial charge in [-0.3, -0.25) is 4.98 Å². The van der Waals surface area contributed by atoms with E-state index in [0.29, 0.717) is 6.04 Å². The lowest BCUT2D eigenvalue weighted by Crippen LogP contribution is -2.24. The van der Waals surface area contributed by atoms with E-state index in [2.05, 4.69) is 37.1 Å². The molecule has 0 radical (unpaired) electrons. The van der Waals surface area contributed by atoms with E-state index in [1.807, 2.05) is 24.2 Å². The molecule has 0 spiro atoms. The van der Waals surface area contributed by atoms with Crippen LogP contribution in [0.1, 0.15) is 19.4 Å². The molecule has 0 fully saturated rings. The largest absolute Gasteiger partial charge is 0.314 e. The van der Waals surface area contributed by atoms with Crippen molar-refractivity contribution in [2.24, 2.45) is 0 Å². The van der Waals surface area contributed by atoms with E-state index >= 15 is 0 Å². The third-order valence-electron chi connectivity index (χ3n) is 1.77. The summed E-state index contributed by atoms with van der Waals surface area (Å²) < 4.78 is 0. The third-order valence-corrected chi connectivity index (χ3v) is 2.74. The van der Waals surface area contributed by atoms with Crippen molar-refractivity contribution in [2.45, 2.75) is 31.7 Å². The summed E-state index contributed by atoms with van der Waals surface area (Å²) in [7, 11) is 0. The lowest BCUT2D eigenvalue weighted by molar-refractivity contribution is 0.616. The number of pyridine rings is 1. The first-order valence-corrected chi connectivity index (χ1v) is 5.95. The van der Waals surface area contributed by atoms with Crippen molar-refractivity contribution in [1.82, 2.24) is 10.3 Å². The predicted octanol–water partition coefficient (Wildman–Crippen LogP) is 2.48. The van der Waals surface area contributed by atoms with E-state index in [1.54, 1.807) is 0 Å². The maximum atomic E-state index is 4.16. The molecule has 0 saturated carbocycles. The number of nitrogens with one attached hydrogen (secondary N) is 1. The first-order chi connectivity index (χ1) is 6.68. The molecule has 3 heteroatoms. The molecule has 1 heterocycles. The Balaban J connectivity index is 2.25. The van der Waals surface area contributed by atoms with Crippen LogP contribution in [0.25, 0.3) is 0 Å². The van der Waals surface area contributed by atoms with Crippen LogP contribution in [0.3, 0.4) is 0 Å². The van der Waals surface area contributed by atoms with Crippen LogP contribution in [-0.2, 0) is 0 Å². The number of hydrogen-bond donors (Lipinski definition) is 1. The van der Waals surface area contributed by atoms with E-state index in [4.69, 9.17) is 0 Å². The van der Waals surface area contributed by atoms with Crippen molar-refractivity contribution >= 4 is 11.8 Å². The summed E-state index contributed by atoms with van der Waals surface area (Å²) in [4.78, 5) is 5.42. The second-order valence-electron chi connectivity index (χ2n) is 3.66. The molecule has 0 aliphatic rings. The van der Waals surface area contributed by atoms with E-state index in [-0.39, 0.29) is 0 Å². The Bertz CT molecular complexity index is 274. The molecule has 1 N–H and O–H groups in total. The monoisotopic (exact) mass is 210 g/mol. The van der Waals surface area contributed by atoms with Gasteiger partial charge in [-0.1, -0.05) is 13.8 Å². The van der Waals surface area contributed by atoms with Crippen molar-refractivity contribution in [1.29, 1.82) is 0 Å². The van der Waals surface area contributed by atoms with Crippen molar-refractivity contribution in [3.8, 4) is 0 Å². The minimum atomic E-state index is 0.575. The van der Waals surface area contributed by atoms with Crippen LogP contribution < -0.4 is 5.32 Å². The van der Waals surface area contributed by atoms with Crippen molar-refractivity contribution in [2.75, 3.05) is 12.3 Å². The molecule has 0 atom stereocenters. The molecule has 0 saturated heterocycles. The number of rotatable bonds is 5. The lowest BCUT2D eigenvalue weighted by atomic mass is 10.3.